The molecule has 0 aliphatic heterocycles. The van der Waals surface area contributed by atoms with Crippen LogP contribution in [0.1, 0.15) is 6.92 Å². The van der Waals surface area contributed by atoms with Gasteiger partial charge in [0, 0.05) is 13.7 Å². The molecule has 0 spiro atoms. The molecule has 0 heterocycles. The maximum absolute atomic E-state index is 9.00. The van der Waals surface area contributed by atoms with Crippen molar-refractivity contribution in [1.29, 1.82) is 0 Å². The lowest BCUT2D eigenvalue weighted by molar-refractivity contribution is 0.316. The fourth-order valence-electron chi connectivity index (χ4n) is 1.62. The fourth-order valence-corrected chi connectivity index (χ4v) is 11.3. The van der Waals surface area contributed by atoms with Crippen LogP contribution in [0, 0.1) is 0 Å². The van der Waals surface area contributed by atoms with E-state index in [1.54, 1.807) is 0 Å². The Hall–Kier alpha value is 0.354. The van der Waals surface area contributed by atoms with Crippen LogP contribution in [-0.2, 0) is 4.43 Å². The summed E-state index contributed by atoms with van der Waals surface area (Å²) in [5, 5.41) is 9.69. The molecule has 80 valence electrons. The number of hydrogen-bond donors (Lipinski definition) is 1. The largest absolute Gasteiger partial charge is 0.420 e. The van der Waals surface area contributed by atoms with E-state index in [0.29, 0.717) is 11.8 Å². The zero-order valence-corrected chi connectivity index (χ0v) is 11.8. The lowest BCUT2D eigenvalue weighted by Gasteiger charge is -2.38. The van der Waals surface area contributed by atoms with Crippen molar-refractivity contribution in [2.24, 2.45) is 0 Å². The Labute approximate surface area is 84.5 Å². The van der Waals surface area contributed by atoms with Crippen LogP contribution < -0.4 is 0 Å². The molecule has 0 aromatic heterocycles. The summed E-state index contributed by atoms with van der Waals surface area (Å²) >= 11 is 0. The van der Waals surface area contributed by atoms with Gasteiger partial charge >= 0.3 is 0 Å². The molecule has 0 fully saturated rings. The van der Waals surface area contributed by atoms with Crippen molar-refractivity contribution in [2.45, 2.75) is 44.3 Å². The van der Waals surface area contributed by atoms with Crippen LogP contribution >= 0.6 is 0 Å². The molecular formula is C9H24O2Si2. The molecule has 0 aliphatic carbocycles. The normalized spacial score (nSPS) is 15.9. The minimum absolute atomic E-state index is 0.331. The SMILES string of the molecule is CO[Si](C)(C)C(C)[Si](C)(C)CCO. The zero-order chi connectivity index (χ0) is 10.7. The van der Waals surface area contributed by atoms with E-state index in [4.69, 9.17) is 9.53 Å². The molecule has 1 unspecified atom stereocenters. The third-order valence-electron chi connectivity index (χ3n) is 3.50. The van der Waals surface area contributed by atoms with Crippen molar-refractivity contribution in [1.82, 2.24) is 0 Å². The van der Waals surface area contributed by atoms with Gasteiger partial charge in [-0.1, -0.05) is 20.0 Å². The van der Waals surface area contributed by atoms with Crippen LogP contribution in [0.2, 0.25) is 37.4 Å². The lowest BCUT2D eigenvalue weighted by atomic mass is 10.9. The Bertz CT molecular complexity index is 158. The maximum Gasteiger partial charge on any atom is 0.186 e. The van der Waals surface area contributed by atoms with Gasteiger partial charge in [-0.05, 0) is 24.3 Å². The highest BCUT2D eigenvalue weighted by Crippen LogP contribution is 2.34. The Morgan fingerprint density at radius 2 is 1.69 bits per heavy atom. The molecule has 0 aromatic carbocycles. The molecule has 0 saturated heterocycles. The van der Waals surface area contributed by atoms with Crippen LogP contribution in [0.3, 0.4) is 0 Å². The van der Waals surface area contributed by atoms with E-state index in [0.717, 1.165) is 6.04 Å². The highest BCUT2D eigenvalue weighted by atomic mass is 28.4. The molecule has 1 atom stereocenters. The first-order valence-corrected chi connectivity index (χ1v) is 11.2. The lowest BCUT2D eigenvalue weighted by Crippen LogP contribution is -2.48. The molecule has 2 nitrogen and oxygen atoms in total. The number of hydrogen-bond acceptors (Lipinski definition) is 2. The number of aliphatic hydroxyl groups excluding tert-OH is 1. The summed E-state index contributed by atoms with van der Waals surface area (Å²) in [5.74, 6) is 0. The second kappa shape index (κ2) is 4.73. The van der Waals surface area contributed by atoms with Crippen LogP contribution in [0.4, 0.5) is 0 Å². The maximum atomic E-state index is 9.00. The minimum Gasteiger partial charge on any atom is -0.420 e. The molecule has 4 heteroatoms. The van der Waals surface area contributed by atoms with E-state index in [9.17, 15) is 0 Å². The van der Waals surface area contributed by atoms with Crippen molar-refractivity contribution in [2.75, 3.05) is 13.7 Å². The molecule has 1 N–H and O–H groups in total. The molecule has 0 aliphatic rings. The van der Waals surface area contributed by atoms with Gasteiger partial charge in [-0.3, -0.25) is 0 Å². The van der Waals surface area contributed by atoms with Gasteiger partial charge in [0.15, 0.2) is 8.32 Å². The predicted octanol–water partition coefficient (Wildman–Crippen LogP) is 2.47. The smallest absolute Gasteiger partial charge is 0.186 e. The van der Waals surface area contributed by atoms with E-state index in [1.807, 2.05) is 7.11 Å². The van der Waals surface area contributed by atoms with Gasteiger partial charge in [0.25, 0.3) is 0 Å². The summed E-state index contributed by atoms with van der Waals surface area (Å²) in [7, 11) is -0.954. The number of rotatable bonds is 5. The molecule has 0 radical (unpaired) electrons. The highest BCUT2D eigenvalue weighted by Gasteiger charge is 2.40. The molecule has 0 aromatic rings. The Morgan fingerprint density at radius 3 is 2.00 bits per heavy atom. The molecule has 0 rings (SSSR count). The standard InChI is InChI=1S/C9H24O2Si2/c1-9(13(5,6)11-2)12(3,4)8-7-10/h9-10H,7-8H2,1-6H3. The molecule has 0 bridgehead atoms. The van der Waals surface area contributed by atoms with Gasteiger partial charge in [0.1, 0.15) is 0 Å². The van der Waals surface area contributed by atoms with Gasteiger partial charge in [-0.15, -0.1) is 0 Å². The minimum atomic E-state index is -1.50. The van der Waals surface area contributed by atoms with E-state index < -0.39 is 16.4 Å². The summed E-state index contributed by atoms with van der Waals surface area (Å²) in [6.45, 7) is 11.9. The summed E-state index contributed by atoms with van der Waals surface area (Å²) in [6.07, 6.45) is 0. The van der Waals surface area contributed by atoms with Gasteiger partial charge in [0.2, 0.25) is 0 Å². The molecule has 0 amide bonds. The van der Waals surface area contributed by atoms with E-state index in [-0.39, 0.29) is 0 Å². The average Bonchev–Trinajstić information content (AvgIpc) is 2.03. The van der Waals surface area contributed by atoms with Crippen molar-refractivity contribution in [3.8, 4) is 0 Å². The van der Waals surface area contributed by atoms with Gasteiger partial charge in [0.05, 0.1) is 8.07 Å². The summed E-state index contributed by atoms with van der Waals surface area (Å²) in [4.78, 5) is 0. The van der Waals surface area contributed by atoms with Crippen LogP contribution in [-0.4, -0.2) is 35.2 Å². The van der Waals surface area contributed by atoms with Crippen molar-refractivity contribution in [3.05, 3.63) is 0 Å². The summed E-state index contributed by atoms with van der Waals surface area (Å²) < 4.78 is 5.62. The van der Waals surface area contributed by atoms with Crippen molar-refractivity contribution < 1.29 is 9.53 Å². The Morgan fingerprint density at radius 1 is 1.23 bits per heavy atom. The monoisotopic (exact) mass is 220 g/mol. The van der Waals surface area contributed by atoms with E-state index >= 15 is 0 Å². The van der Waals surface area contributed by atoms with Crippen LogP contribution in [0.25, 0.3) is 0 Å². The van der Waals surface area contributed by atoms with Crippen LogP contribution in [0.5, 0.6) is 0 Å². The second-order valence-corrected chi connectivity index (χ2v) is 15.4. The molecular weight excluding hydrogens is 196 g/mol. The third-order valence-corrected chi connectivity index (χ3v) is 14.9. The Balaban J connectivity index is 4.47. The molecule has 13 heavy (non-hydrogen) atoms. The van der Waals surface area contributed by atoms with E-state index in [2.05, 4.69) is 33.1 Å². The quantitative estimate of drug-likeness (QED) is 0.721. The molecule has 0 saturated carbocycles. The first kappa shape index (κ1) is 13.4. The Kier molecular flexibility index (Phi) is 4.86. The number of aliphatic hydroxyl groups is 1. The first-order valence-electron chi connectivity index (χ1n) is 4.94. The van der Waals surface area contributed by atoms with Crippen molar-refractivity contribution in [3.63, 3.8) is 0 Å². The van der Waals surface area contributed by atoms with Gasteiger partial charge in [-0.25, -0.2) is 0 Å². The van der Waals surface area contributed by atoms with Crippen molar-refractivity contribution >= 4 is 16.4 Å². The van der Waals surface area contributed by atoms with Crippen LogP contribution in [0.15, 0.2) is 0 Å². The first-order chi connectivity index (χ1) is 5.78. The zero-order valence-electron chi connectivity index (χ0n) is 9.85. The third kappa shape index (κ3) is 3.54. The summed E-state index contributed by atoms with van der Waals surface area (Å²) in [5.41, 5.74) is 0. The summed E-state index contributed by atoms with van der Waals surface area (Å²) in [6, 6.07) is 0.994. The second-order valence-electron chi connectivity index (χ2n) is 4.99. The van der Waals surface area contributed by atoms with E-state index in [1.165, 1.54) is 0 Å². The predicted molar refractivity (Wildman–Crippen MR) is 63.3 cm³/mol. The fraction of sp³-hybridized carbons (Fsp3) is 1.00. The topological polar surface area (TPSA) is 29.5 Å². The average molecular weight is 220 g/mol. The van der Waals surface area contributed by atoms with Gasteiger partial charge < -0.3 is 9.53 Å². The van der Waals surface area contributed by atoms with Gasteiger partial charge in [-0.2, -0.15) is 0 Å². The highest BCUT2D eigenvalue weighted by molar-refractivity contribution is 6.94.